The standard InChI is InChI=1S/C16H16BrN3/c1-18-8-12-10-20(16-5-3-2-4-15(12)16)11-14-7-6-13(17)9-19-14/h2-7,9-10,18H,8,11H2,1H3. The minimum absolute atomic E-state index is 0.789. The Labute approximate surface area is 126 Å². The monoisotopic (exact) mass is 329 g/mol. The van der Waals surface area contributed by atoms with Crippen LogP contribution in [0.4, 0.5) is 0 Å². The number of halogens is 1. The number of benzene rings is 1. The molecule has 0 aliphatic heterocycles. The number of nitrogens with zero attached hydrogens (tertiary/aromatic N) is 2. The lowest BCUT2D eigenvalue weighted by Gasteiger charge is -2.04. The molecule has 3 nitrogen and oxygen atoms in total. The Hall–Kier alpha value is -1.65. The van der Waals surface area contributed by atoms with Crippen molar-refractivity contribution < 1.29 is 0 Å². The Bertz CT molecular complexity index is 716. The van der Waals surface area contributed by atoms with Gasteiger partial charge >= 0.3 is 0 Å². The van der Waals surface area contributed by atoms with Gasteiger partial charge in [-0.1, -0.05) is 18.2 Å². The second-order valence-electron chi connectivity index (χ2n) is 4.80. The van der Waals surface area contributed by atoms with Crippen LogP contribution in [0, 0.1) is 0 Å². The normalized spacial score (nSPS) is 11.1. The highest BCUT2D eigenvalue weighted by molar-refractivity contribution is 9.10. The minimum atomic E-state index is 0.789. The van der Waals surface area contributed by atoms with E-state index in [9.17, 15) is 0 Å². The predicted molar refractivity (Wildman–Crippen MR) is 85.7 cm³/mol. The van der Waals surface area contributed by atoms with Gasteiger partial charge < -0.3 is 9.88 Å². The SMILES string of the molecule is CNCc1cn(Cc2ccc(Br)cn2)c2ccccc12. The van der Waals surface area contributed by atoms with E-state index in [1.54, 1.807) is 0 Å². The van der Waals surface area contributed by atoms with E-state index in [0.717, 1.165) is 23.3 Å². The minimum Gasteiger partial charge on any atom is -0.341 e. The summed E-state index contributed by atoms with van der Waals surface area (Å²) in [7, 11) is 1.97. The molecule has 0 unspecified atom stereocenters. The van der Waals surface area contributed by atoms with Gasteiger partial charge in [-0.25, -0.2) is 0 Å². The Kier molecular flexibility index (Phi) is 3.85. The zero-order valence-corrected chi connectivity index (χ0v) is 12.9. The van der Waals surface area contributed by atoms with Crippen LogP contribution in [0.5, 0.6) is 0 Å². The van der Waals surface area contributed by atoms with Gasteiger partial charge in [-0.05, 0) is 46.7 Å². The number of rotatable bonds is 4. The van der Waals surface area contributed by atoms with Gasteiger partial charge in [-0.2, -0.15) is 0 Å². The van der Waals surface area contributed by atoms with Crippen molar-refractivity contribution in [2.75, 3.05) is 7.05 Å². The quantitative estimate of drug-likeness (QED) is 0.793. The van der Waals surface area contributed by atoms with Crippen molar-refractivity contribution in [3.05, 3.63) is 64.5 Å². The lowest BCUT2D eigenvalue weighted by molar-refractivity contribution is 0.782. The van der Waals surface area contributed by atoms with Crippen LogP contribution in [0.25, 0.3) is 10.9 Å². The van der Waals surface area contributed by atoms with Gasteiger partial charge in [-0.3, -0.25) is 4.98 Å². The van der Waals surface area contributed by atoms with Gasteiger partial charge in [0.05, 0.1) is 12.2 Å². The molecule has 0 bridgehead atoms. The van der Waals surface area contributed by atoms with E-state index < -0.39 is 0 Å². The molecule has 0 aliphatic carbocycles. The van der Waals surface area contributed by atoms with Crippen LogP contribution in [-0.2, 0) is 13.1 Å². The molecule has 2 aromatic heterocycles. The molecule has 3 rings (SSSR count). The molecule has 3 aromatic rings. The van der Waals surface area contributed by atoms with E-state index in [1.807, 2.05) is 19.3 Å². The fourth-order valence-electron chi connectivity index (χ4n) is 2.46. The van der Waals surface area contributed by atoms with Gasteiger partial charge in [0.2, 0.25) is 0 Å². The van der Waals surface area contributed by atoms with Crippen molar-refractivity contribution in [3.8, 4) is 0 Å². The van der Waals surface area contributed by atoms with Crippen molar-refractivity contribution >= 4 is 26.8 Å². The first-order chi connectivity index (χ1) is 9.78. The fourth-order valence-corrected chi connectivity index (χ4v) is 2.69. The lowest BCUT2D eigenvalue weighted by Crippen LogP contribution is -2.04. The largest absolute Gasteiger partial charge is 0.341 e. The molecule has 20 heavy (non-hydrogen) atoms. The van der Waals surface area contributed by atoms with E-state index in [4.69, 9.17) is 0 Å². The maximum absolute atomic E-state index is 4.45. The van der Waals surface area contributed by atoms with Gasteiger partial charge in [-0.15, -0.1) is 0 Å². The second kappa shape index (κ2) is 5.77. The number of fused-ring (bicyclic) bond motifs is 1. The average Bonchev–Trinajstić information content (AvgIpc) is 2.81. The summed E-state index contributed by atoms with van der Waals surface area (Å²) in [6.45, 7) is 1.67. The molecule has 1 aromatic carbocycles. The number of para-hydroxylation sites is 1. The summed E-state index contributed by atoms with van der Waals surface area (Å²) in [5.41, 5.74) is 3.63. The molecule has 4 heteroatoms. The third-order valence-electron chi connectivity index (χ3n) is 3.36. The maximum atomic E-state index is 4.45. The van der Waals surface area contributed by atoms with Crippen LogP contribution in [-0.4, -0.2) is 16.6 Å². The van der Waals surface area contributed by atoms with Crippen LogP contribution >= 0.6 is 15.9 Å². The van der Waals surface area contributed by atoms with Crippen LogP contribution in [0.15, 0.2) is 53.3 Å². The first kappa shape index (κ1) is 13.3. The molecular formula is C16H16BrN3. The Balaban J connectivity index is 2.00. The van der Waals surface area contributed by atoms with E-state index in [2.05, 4.69) is 67.3 Å². The number of hydrogen-bond acceptors (Lipinski definition) is 2. The zero-order chi connectivity index (χ0) is 13.9. The van der Waals surface area contributed by atoms with E-state index >= 15 is 0 Å². The summed E-state index contributed by atoms with van der Waals surface area (Å²) in [5, 5.41) is 4.53. The molecule has 0 saturated heterocycles. The number of nitrogens with one attached hydrogen (secondary N) is 1. The molecule has 102 valence electrons. The van der Waals surface area contributed by atoms with Gasteiger partial charge in [0, 0.05) is 34.3 Å². The highest BCUT2D eigenvalue weighted by atomic mass is 79.9. The molecule has 0 aliphatic rings. The van der Waals surface area contributed by atoms with Gasteiger partial charge in [0.25, 0.3) is 0 Å². The number of hydrogen-bond donors (Lipinski definition) is 1. The van der Waals surface area contributed by atoms with Crippen molar-refractivity contribution in [3.63, 3.8) is 0 Å². The second-order valence-corrected chi connectivity index (χ2v) is 5.71. The predicted octanol–water partition coefficient (Wildman–Crippen LogP) is 3.57. The summed E-state index contributed by atoms with van der Waals surface area (Å²) in [4.78, 5) is 4.45. The average molecular weight is 330 g/mol. The summed E-state index contributed by atoms with van der Waals surface area (Å²) in [5.74, 6) is 0. The van der Waals surface area contributed by atoms with E-state index in [0.29, 0.717) is 0 Å². The van der Waals surface area contributed by atoms with Crippen LogP contribution in [0.3, 0.4) is 0 Å². The van der Waals surface area contributed by atoms with E-state index in [1.165, 1.54) is 16.5 Å². The fraction of sp³-hybridized carbons (Fsp3) is 0.188. The molecular weight excluding hydrogens is 314 g/mol. The maximum Gasteiger partial charge on any atom is 0.0648 e. The van der Waals surface area contributed by atoms with Gasteiger partial charge in [0.15, 0.2) is 0 Å². The Morgan fingerprint density at radius 3 is 2.80 bits per heavy atom. The zero-order valence-electron chi connectivity index (χ0n) is 11.3. The Morgan fingerprint density at radius 1 is 1.20 bits per heavy atom. The van der Waals surface area contributed by atoms with Crippen LogP contribution in [0.1, 0.15) is 11.3 Å². The van der Waals surface area contributed by atoms with Crippen LogP contribution < -0.4 is 5.32 Å². The number of aromatic nitrogens is 2. The Morgan fingerprint density at radius 2 is 2.05 bits per heavy atom. The topological polar surface area (TPSA) is 29.9 Å². The first-order valence-corrected chi connectivity index (χ1v) is 7.39. The summed E-state index contributed by atoms with van der Waals surface area (Å²) in [6.07, 6.45) is 4.06. The summed E-state index contributed by atoms with van der Waals surface area (Å²) >= 11 is 3.42. The molecule has 1 N–H and O–H groups in total. The molecule has 0 atom stereocenters. The molecule has 0 spiro atoms. The molecule has 0 saturated carbocycles. The molecule has 2 heterocycles. The molecule has 0 amide bonds. The van der Waals surface area contributed by atoms with E-state index in [-0.39, 0.29) is 0 Å². The highest BCUT2D eigenvalue weighted by Gasteiger charge is 2.08. The molecule has 0 fully saturated rings. The first-order valence-electron chi connectivity index (χ1n) is 6.59. The smallest absolute Gasteiger partial charge is 0.0648 e. The summed E-state index contributed by atoms with van der Waals surface area (Å²) in [6, 6.07) is 12.6. The summed E-state index contributed by atoms with van der Waals surface area (Å²) < 4.78 is 3.27. The van der Waals surface area contributed by atoms with Crippen molar-refractivity contribution in [1.29, 1.82) is 0 Å². The van der Waals surface area contributed by atoms with Crippen LogP contribution in [0.2, 0.25) is 0 Å². The lowest BCUT2D eigenvalue weighted by atomic mass is 10.2. The van der Waals surface area contributed by atoms with Gasteiger partial charge in [0.1, 0.15) is 0 Å². The van der Waals surface area contributed by atoms with Crippen molar-refractivity contribution in [2.45, 2.75) is 13.1 Å². The molecule has 0 radical (unpaired) electrons. The third kappa shape index (κ3) is 2.62. The third-order valence-corrected chi connectivity index (χ3v) is 3.83. The highest BCUT2D eigenvalue weighted by Crippen LogP contribution is 2.22. The number of pyridine rings is 1. The van der Waals surface area contributed by atoms with Crippen molar-refractivity contribution in [2.24, 2.45) is 0 Å². The van der Waals surface area contributed by atoms with Crippen molar-refractivity contribution in [1.82, 2.24) is 14.9 Å².